The lowest BCUT2D eigenvalue weighted by molar-refractivity contribution is -0.0188. The van der Waals surface area contributed by atoms with Gasteiger partial charge in [0, 0.05) is 11.0 Å². The Labute approximate surface area is 193 Å². The van der Waals surface area contributed by atoms with Crippen LogP contribution in [-0.2, 0) is 15.6 Å². The molecule has 0 N–H and O–H groups in total. The fourth-order valence-electron chi connectivity index (χ4n) is 11.1. The van der Waals surface area contributed by atoms with Crippen LogP contribution in [0, 0.1) is 35.5 Å². The second-order valence-corrected chi connectivity index (χ2v) is 13.8. The van der Waals surface area contributed by atoms with Gasteiger partial charge in [-0.05, 0) is 137 Å². The number of epoxide rings is 1. The molecule has 1 aliphatic heterocycles. The number of rotatable bonds is 5. The van der Waals surface area contributed by atoms with Crippen molar-refractivity contribution in [2.45, 2.75) is 107 Å². The van der Waals surface area contributed by atoms with Crippen LogP contribution in [0.25, 0.3) is 0 Å². The molecule has 10 rings (SSSR count). The first kappa shape index (κ1) is 19.3. The van der Waals surface area contributed by atoms with Gasteiger partial charge in [-0.15, -0.1) is 0 Å². The molecule has 2 unspecified atom stereocenters. The van der Waals surface area contributed by atoms with Crippen molar-refractivity contribution in [2.75, 3.05) is 6.61 Å². The van der Waals surface area contributed by atoms with Crippen molar-refractivity contribution < 1.29 is 9.47 Å². The largest absolute Gasteiger partial charge is 0.488 e. The topological polar surface area (TPSA) is 21.8 Å². The van der Waals surface area contributed by atoms with E-state index in [-0.39, 0.29) is 6.10 Å². The maximum atomic E-state index is 6.84. The molecule has 8 bridgehead atoms. The standard InChI is InChI=1S/C30H40O2/c1-18(27-17-31-27)32-26-4-2-3-25(29-11-19-5-20(12-29)7-21(6-19)13-29)28(26)30-14-22-8-23(15-30)10-24(9-22)16-30/h2-4,18-24,27H,5-17H2,1H3. The molecule has 172 valence electrons. The fourth-order valence-corrected chi connectivity index (χ4v) is 11.1. The molecule has 1 aromatic rings. The summed E-state index contributed by atoms with van der Waals surface area (Å²) in [6.07, 6.45) is 18.3. The lowest BCUT2D eigenvalue weighted by atomic mass is 9.44. The molecule has 1 heterocycles. The molecular weight excluding hydrogens is 392 g/mol. The van der Waals surface area contributed by atoms with Gasteiger partial charge in [0.25, 0.3) is 0 Å². The van der Waals surface area contributed by atoms with Crippen LogP contribution in [0.2, 0.25) is 0 Å². The lowest BCUT2D eigenvalue weighted by Gasteiger charge is -2.61. The SMILES string of the molecule is CC(Oc1cccc(C23CC4CC(CC(C4)C2)C3)c1C12CC3CC(CC(C3)C1)C2)C1CO1. The highest BCUT2D eigenvalue weighted by Crippen LogP contribution is 2.66. The van der Waals surface area contributed by atoms with E-state index >= 15 is 0 Å². The van der Waals surface area contributed by atoms with Crippen LogP contribution in [-0.4, -0.2) is 18.8 Å². The molecule has 9 aliphatic rings. The van der Waals surface area contributed by atoms with Crippen molar-refractivity contribution >= 4 is 0 Å². The van der Waals surface area contributed by atoms with Gasteiger partial charge in [-0.1, -0.05) is 12.1 Å². The van der Waals surface area contributed by atoms with E-state index in [9.17, 15) is 0 Å². The number of hydrogen-bond donors (Lipinski definition) is 0. The van der Waals surface area contributed by atoms with E-state index in [1.165, 1.54) is 82.8 Å². The summed E-state index contributed by atoms with van der Waals surface area (Å²) in [6.45, 7) is 3.11. The van der Waals surface area contributed by atoms with E-state index in [1.807, 2.05) is 0 Å². The second kappa shape index (κ2) is 6.55. The Morgan fingerprint density at radius 3 is 1.69 bits per heavy atom. The quantitative estimate of drug-likeness (QED) is 0.478. The number of benzene rings is 1. The molecule has 2 atom stereocenters. The van der Waals surface area contributed by atoms with Crippen molar-refractivity contribution in [3.63, 3.8) is 0 Å². The average Bonchev–Trinajstić information content (AvgIpc) is 3.57. The third-order valence-electron chi connectivity index (χ3n) is 11.4. The average molecular weight is 433 g/mol. The van der Waals surface area contributed by atoms with Crippen molar-refractivity contribution in [2.24, 2.45) is 35.5 Å². The van der Waals surface area contributed by atoms with Gasteiger partial charge in [-0.2, -0.15) is 0 Å². The monoisotopic (exact) mass is 432 g/mol. The highest BCUT2D eigenvalue weighted by atomic mass is 16.6. The second-order valence-electron chi connectivity index (χ2n) is 13.8. The molecule has 1 saturated heterocycles. The van der Waals surface area contributed by atoms with Crippen LogP contribution in [0.1, 0.15) is 95.1 Å². The summed E-state index contributed by atoms with van der Waals surface area (Å²) in [4.78, 5) is 0. The maximum Gasteiger partial charge on any atom is 0.124 e. The third-order valence-corrected chi connectivity index (χ3v) is 11.4. The van der Waals surface area contributed by atoms with E-state index in [2.05, 4.69) is 25.1 Å². The van der Waals surface area contributed by atoms with Crippen LogP contribution in [0.3, 0.4) is 0 Å². The zero-order chi connectivity index (χ0) is 21.1. The lowest BCUT2D eigenvalue weighted by Crippen LogP contribution is -2.52. The van der Waals surface area contributed by atoms with Gasteiger partial charge in [0.15, 0.2) is 0 Å². The zero-order valence-electron chi connectivity index (χ0n) is 19.9. The van der Waals surface area contributed by atoms with Crippen LogP contribution in [0.5, 0.6) is 5.75 Å². The van der Waals surface area contributed by atoms with Crippen LogP contribution in [0.4, 0.5) is 0 Å². The first-order valence-electron chi connectivity index (χ1n) is 14.0. The van der Waals surface area contributed by atoms with Crippen molar-refractivity contribution in [1.82, 2.24) is 0 Å². The van der Waals surface area contributed by atoms with Crippen molar-refractivity contribution in [3.8, 4) is 5.75 Å². The van der Waals surface area contributed by atoms with E-state index < -0.39 is 0 Å². The molecular formula is C30H40O2. The summed E-state index contributed by atoms with van der Waals surface area (Å²) in [5.41, 5.74) is 4.33. The summed E-state index contributed by atoms with van der Waals surface area (Å²) in [5.74, 6) is 7.16. The molecule has 2 nitrogen and oxygen atoms in total. The maximum absolute atomic E-state index is 6.84. The number of hydrogen-bond acceptors (Lipinski definition) is 2. The van der Waals surface area contributed by atoms with Crippen LogP contribution in [0.15, 0.2) is 18.2 Å². The van der Waals surface area contributed by atoms with Gasteiger partial charge in [-0.3, -0.25) is 0 Å². The molecule has 1 aromatic carbocycles. The van der Waals surface area contributed by atoms with E-state index in [1.54, 1.807) is 11.1 Å². The fraction of sp³-hybridized carbons (Fsp3) is 0.800. The van der Waals surface area contributed by atoms with Gasteiger partial charge in [0.1, 0.15) is 18.0 Å². The Kier molecular flexibility index (Phi) is 3.95. The summed E-state index contributed by atoms with van der Waals surface area (Å²) in [7, 11) is 0. The minimum Gasteiger partial charge on any atom is -0.488 e. The van der Waals surface area contributed by atoms with Gasteiger partial charge >= 0.3 is 0 Å². The molecule has 0 radical (unpaired) electrons. The molecule has 8 saturated carbocycles. The van der Waals surface area contributed by atoms with E-state index in [0.29, 0.717) is 16.9 Å². The Balaban J connectivity index is 1.28. The molecule has 0 spiro atoms. The molecule has 0 amide bonds. The molecule has 8 aliphatic carbocycles. The minimum atomic E-state index is 0.175. The molecule has 0 aromatic heterocycles. The first-order valence-corrected chi connectivity index (χ1v) is 14.0. The Morgan fingerprint density at radius 2 is 1.22 bits per heavy atom. The minimum absolute atomic E-state index is 0.175. The summed E-state index contributed by atoms with van der Waals surface area (Å²) >= 11 is 0. The molecule has 9 fully saturated rings. The van der Waals surface area contributed by atoms with Crippen molar-refractivity contribution in [3.05, 3.63) is 29.3 Å². The molecule has 2 heteroatoms. The van der Waals surface area contributed by atoms with Gasteiger partial charge < -0.3 is 9.47 Å². The summed E-state index contributed by atoms with van der Waals surface area (Å²) < 4.78 is 12.5. The Bertz CT molecular complexity index is 856. The van der Waals surface area contributed by atoms with Gasteiger partial charge in [0.2, 0.25) is 0 Å². The van der Waals surface area contributed by atoms with Crippen molar-refractivity contribution in [1.29, 1.82) is 0 Å². The zero-order valence-corrected chi connectivity index (χ0v) is 19.9. The normalized spacial score (nSPS) is 50.6. The number of ether oxygens (including phenoxy) is 2. The first-order chi connectivity index (χ1) is 15.6. The Hall–Kier alpha value is -1.02. The molecule has 32 heavy (non-hydrogen) atoms. The Morgan fingerprint density at radius 1 is 0.750 bits per heavy atom. The highest BCUT2D eigenvalue weighted by molar-refractivity contribution is 5.51. The van der Waals surface area contributed by atoms with E-state index in [4.69, 9.17) is 9.47 Å². The predicted molar refractivity (Wildman–Crippen MR) is 126 cm³/mol. The highest BCUT2D eigenvalue weighted by Gasteiger charge is 2.57. The third kappa shape index (κ3) is 2.80. The smallest absolute Gasteiger partial charge is 0.124 e. The van der Waals surface area contributed by atoms with Crippen LogP contribution < -0.4 is 4.74 Å². The van der Waals surface area contributed by atoms with Crippen LogP contribution >= 0.6 is 0 Å². The summed E-state index contributed by atoms with van der Waals surface area (Å²) in [6, 6.07) is 7.29. The predicted octanol–water partition coefficient (Wildman–Crippen LogP) is 6.79. The van der Waals surface area contributed by atoms with Gasteiger partial charge in [-0.25, -0.2) is 0 Å². The summed E-state index contributed by atoms with van der Waals surface area (Å²) in [5, 5.41) is 0. The van der Waals surface area contributed by atoms with Gasteiger partial charge in [0.05, 0.1) is 6.61 Å². The van der Waals surface area contributed by atoms with E-state index in [0.717, 1.165) is 42.1 Å².